The van der Waals surface area contributed by atoms with Crippen LogP contribution in [0.1, 0.15) is 5.69 Å². The third-order valence-corrected chi connectivity index (χ3v) is 2.87. The molecular formula is C10H12ClN5S. The van der Waals surface area contributed by atoms with Crippen LogP contribution in [-0.2, 0) is 7.05 Å². The number of aryl methyl sites for hydroxylation is 2. The minimum Gasteiger partial charge on any atom is -0.337 e. The first kappa shape index (κ1) is 12.2. The molecule has 0 amide bonds. The maximum Gasteiger partial charge on any atom is 0.190 e. The van der Waals surface area contributed by atoms with Gasteiger partial charge in [-0.3, -0.25) is 4.68 Å². The molecule has 0 atom stereocenters. The quantitative estimate of drug-likeness (QED) is 0.527. The molecule has 0 aliphatic carbocycles. The molecule has 0 aliphatic heterocycles. The molecular weight excluding hydrogens is 258 g/mol. The number of halogens is 1. The Morgan fingerprint density at radius 1 is 1.41 bits per heavy atom. The second kappa shape index (κ2) is 4.93. The second-order valence-electron chi connectivity index (χ2n) is 3.49. The summed E-state index contributed by atoms with van der Waals surface area (Å²) in [4.78, 5) is 8.40. The van der Waals surface area contributed by atoms with E-state index in [0.717, 1.165) is 11.4 Å². The number of aromatic nitrogens is 4. The second-order valence-corrected chi connectivity index (χ2v) is 4.65. The molecule has 5 nitrogen and oxygen atoms in total. The fraction of sp³-hybridized carbons (Fsp3) is 0.300. The van der Waals surface area contributed by atoms with Gasteiger partial charge in [-0.05, 0) is 13.2 Å². The van der Waals surface area contributed by atoms with Crippen LogP contribution in [-0.4, -0.2) is 26.0 Å². The summed E-state index contributed by atoms with van der Waals surface area (Å²) >= 11 is 7.36. The van der Waals surface area contributed by atoms with Gasteiger partial charge in [-0.25, -0.2) is 9.97 Å². The predicted molar refractivity (Wildman–Crippen MR) is 70.1 cm³/mol. The maximum atomic E-state index is 5.91. The molecule has 0 aliphatic rings. The molecule has 7 heteroatoms. The highest BCUT2D eigenvalue weighted by Gasteiger charge is 2.06. The average Bonchev–Trinajstić information content (AvgIpc) is 2.56. The number of nitrogens with zero attached hydrogens (tertiary/aromatic N) is 4. The van der Waals surface area contributed by atoms with Crippen LogP contribution >= 0.6 is 23.4 Å². The molecule has 90 valence electrons. The minimum absolute atomic E-state index is 0.424. The van der Waals surface area contributed by atoms with Crippen LogP contribution < -0.4 is 5.32 Å². The van der Waals surface area contributed by atoms with Gasteiger partial charge in [0.1, 0.15) is 11.0 Å². The highest BCUT2D eigenvalue weighted by Crippen LogP contribution is 2.22. The number of hydrogen-bond donors (Lipinski definition) is 1. The molecule has 0 fully saturated rings. The fourth-order valence-corrected chi connectivity index (χ4v) is 2.03. The lowest BCUT2D eigenvalue weighted by atomic mass is 10.4. The van der Waals surface area contributed by atoms with Crippen molar-refractivity contribution in [3.8, 4) is 0 Å². The third-order valence-electron chi connectivity index (χ3n) is 2.13. The average molecular weight is 270 g/mol. The van der Waals surface area contributed by atoms with Crippen molar-refractivity contribution in [3.63, 3.8) is 0 Å². The molecule has 0 saturated heterocycles. The van der Waals surface area contributed by atoms with Gasteiger partial charge < -0.3 is 5.32 Å². The summed E-state index contributed by atoms with van der Waals surface area (Å²) in [7, 11) is 1.87. The highest BCUT2D eigenvalue weighted by molar-refractivity contribution is 7.98. The predicted octanol–water partition coefficient (Wildman–Crippen LogP) is 2.64. The monoisotopic (exact) mass is 269 g/mol. The molecule has 2 aromatic heterocycles. The SMILES string of the molecule is CSc1nc(Cl)cc(Nc2cn(C)nc2C)n1. The van der Waals surface area contributed by atoms with Crippen molar-refractivity contribution in [2.45, 2.75) is 12.1 Å². The zero-order chi connectivity index (χ0) is 12.4. The lowest BCUT2D eigenvalue weighted by Crippen LogP contribution is -1.97. The first-order chi connectivity index (χ1) is 8.08. The van der Waals surface area contributed by atoms with Gasteiger partial charge in [0.15, 0.2) is 5.16 Å². The normalized spacial score (nSPS) is 10.6. The number of thioether (sulfide) groups is 1. The molecule has 2 rings (SSSR count). The Morgan fingerprint density at radius 3 is 2.76 bits per heavy atom. The van der Waals surface area contributed by atoms with E-state index in [0.29, 0.717) is 16.1 Å². The molecule has 0 aromatic carbocycles. The van der Waals surface area contributed by atoms with Gasteiger partial charge in [0.2, 0.25) is 0 Å². The molecule has 1 N–H and O–H groups in total. The van der Waals surface area contributed by atoms with Crippen LogP contribution in [0.25, 0.3) is 0 Å². The molecule has 0 spiro atoms. The first-order valence-corrected chi connectivity index (χ1v) is 6.54. The van der Waals surface area contributed by atoms with Crippen LogP contribution in [0, 0.1) is 6.92 Å². The molecule has 0 saturated carbocycles. The van der Waals surface area contributed by atoms with Crippen molar-refractivity contribution in [3.05, 3.63) is 23.1 Å². The smallest absolute Gasteiger partial charge is 0.190 e. The maximum absolute atomic E-state index is 5.91. The Bertz CT molecular complexity index is 539. The number of hydrogen-bond acceptors (Lipinski definition) is 5. The van der Waals surface area contributed by atoms with Gasteiger partial charge in [0.05, 0.1) is 11.4 Å². The van der Waals surface area contributed by atoms with Gasteiger partial charge in [0, 0.05) is 19.3 Å². The van der Waals surface area contributed by atoms with Gasteiger partial charge in [0.25, 0.3) is 0 Å². The molecule has 0 unspecified atom stereocenters. The van der Waals surface area contributed by atoms with E-state index in [1.54, 1.807) is 10.7 Å². The Balaban J connectivity index is 2.29. The standard InChI is InChI=1S/C10H12ClN5S/c1-6-7(5-16(2)15-6)12-9-4-8(11)13-10(14-9)17-3/h4-5H,1-3H3,(H,12,13,14). The van der Waals surface area contributed by atoms with E-state index in [9.17, 15) is 0 Å². The fourth-order valence-electron chi connectivity index (χ4n) is 1.41. The van der Waals surface area contributed by atoms with Crippen molar-refractivity contribution >= 4 is 34.9 Å². The summed E-state index contributed by atoms with van der Waals surface area (Å²) in [6.45, 7) is 1.93. The van der Waals surface area contributed by atoms with Crippen molar-refractivity contribution in [1.29, 1.82) is 0 Å². The third kappa shape index (κ3) is 2.89. The van der Waals surface area contributed by atoms with Gasteiger partial charge in [-0.2, -0.15) is 5.10 Å². The molecule has 0 radical (unpaired) electrons. The Hall–Kier alpha value is -1.27. The summed E-state index contributed by atoms with van der Waals surface area (Å²) in [5, 5.41) is 8.49. The molecule has 2 heterocycles. The summed E-state index contributed by atoms with van der Waals surface area (Å²) in [6, 6.07) is 1.69. The van der Waals surface area contributed by atoms with Gasteiger partial charge in [-0.15, -0.1) is 0 Å². The van der Waals surface area contributed by atoms with Crippen LogP contribution in [0.4, 0.5) is 11.5 Å². The molecule has 2 aromatic rings. The summed E-state index contributed by atoms with van der Waals surface area (Å²) in [5.74, 6) is 0.672. The van der Waals surface area contributed by atoms with E-state index < -0.39 is 0 Å². The van der Waals surface area contributed by atoms with E-state index in [1.807, 2.05) is 26.4 Å². The Morgan fingerprint density at radius 2 is 2.18 bits per heavy atom. The number of rotatable bonds is 3. The van der Waals surface area contributed by atoms with Crippen molar-refractivity contribution < 1.29 is 0 Å². The largest absolute Gasteiger partial charge is 0.337 e. The zero-order valence-electron chi connectivity index (χ0n) is 9.73. The molecule has 0 bridgehead atoms. The Labute approximate surface area is 109 Å². The van der Waals surface area contributed by atoms with E-state index in [4.69, 9.17) is 11.6 Å². The van der Waals surface area contributed by atoms with Gasteiger partial charge in [-0.1, -0.05) is 23.4 Å². The van der Waals surface area contributed by atoms with E-state index in [-0.39, 0.29) is 0 Å². The van der Waals surface area contributed by atoms with Crippen molar-refractivity contribution in [1.82, 2.24) is 19.7 Å². The Kier molecular flexibility index (Phi) is 3.54. The number of anilines is 2. The van der Waals surface area contributed by atoms with Crippen LogP contribution in [0.5, 0.6) is 0 Å². The first-order valence-electron chi connectivity index (χ1n) is 4.94. The molecule has 17 heavy (non-hydrogen) atoms. The minimum atomic E-state index is 0.424. The highest BCUT2D eigenvalue weighted by atomic mass is 35.5. The summed E-state index contributed by atoms with van der Waals surface area (Å²) < 4.78 is 1.75. The van der Waals surface area contributed by atoms with Crippen LogP contribution in [0.15, 0.2) is 17.4 Å². The van der Waals surface area contributed by atoms with E-state index in [1.165, 1.54) is 11.8 Å². The lowest BCUT2D eigenvalue weighted by Gasteiger charge is -2.05. The summed E-state index contributed by atoms with van der Waals surface area (Å²) in [5.41, 5.74) is 1.82. The lowest BCUT2D eigenvalue weighted by molar-refractivity contribution is 0.756. The van der Waals surface area contributed by atoms with E-state index >= 15 is 0 Å². The number of nitrogens with one attached hydrogen (secondary N) is 1. The van der Waals surface area contributed by atoms with Crippen LogP contribution in [0.2, 0.25) is 5.15 Å². The van der Waals surface area contributed by atoms with Crippen LogP contribution in [0.3, 0.4) is 0 Å². The van der Waals surface area contributed by atoms with Crippen molar-refractivity contribution in [2.24, 2.45) is 7.05 Å². The topological polar surface area (TPSA) is 55.6 Å². The zero-order valence-corrected chi connectivity index (χ0v) is 11.3. The summed E-state index contributed by atoms with van der Waals surface area (Å²) in [6.07, 6.45) is 3.80. The van der Waals surface area contributed by atoms with Crippen molar-refractivity contribution in [2.75, 3.05) is 11.6 Å². The van der Waals surface area contributed by atoms with Gasteiger partial charge >= 0.3 is 0 Å². The van der Waals surface area contributed by atoms with E-state index in [2.05, 4.69) is 20.4 Å².